The van der Waals surface area contributed by atoms with E-state index in [1.54, 1.807) is 11.0 Å². The summed E-state index contributed by atoms with van der Waals surface area (Å²) in [4.78, 5) is 25.2. The summed E-state index contributed by atoms with van der Waals surface area (Å²) in [5.41, 5.74) is -1.82. The Morgan fingerprint density at radius 3 is 2.37 bits per heavy atom. The number of piperidine rings is 1. The minimum absolute atomic E-state index is 0.0518. The van der Waals surface area contributed by atoms with Crippen LogP contribution in [0.25, 0.3) is 21.5 Å². The van der Waals surface area contributed by atoms with Crippen molar-refractivity contribution in [2.24, 2.45) is 0 Å². The van der Waals surface area contributed by atoms with Crippen LogP contribution in [0.15, 0.2) is 30.5 Å². The zero-order valence-corrected chi connectivity index (χ0v) is 22.5. The first-order valence-corrected chi connectivity index (χ1v) is 13.1. The van der Waals surface area contributed by atoms with Gasteiger partial charge in [-0.05, 0) is 65.3 Å². The Morgan fingerprint density at radius 1 is 1.11 bits per heavy atom. The van der Waals surface area contributed by atoms with E-state index >= 15 is 0 Å². The lowest BCUT2D eigenvalue weighted by Gasteiger charge is -2.55. The topological polar surface area (TPSA) is 88.0 Å². The lowest BCUT2D eigenvalue weighted by Crippen LogP contribution is -2.70. The number of thiazole rings is 1. The van der Waals surface area contributed by atoms with Gasteiger partial charge in [0, 0.05) is 18.7 Å². The van der Waals surface area contributed by atoms with Gasteiger partial charge < -0.3 is 19.5 Å². The molecular formula is C26H29F3N4O4S. The SMILES string of the molecule is CC(C)(C)OC(=O)N1C2CC1CN(c1nc3c(OC(F)(F)C(C)(C)O)ccc(-c4ccc(F)cn4)c3s1)C2. The van der Waals surface area contributed by atoms with Crippen molar-refractivity contribution in [1.82, 2.24) is 14.9 Å². The maximum absolute atomic E-state index is 14.7. The second kappa shape index (κ2) is 8.98. The molecule has 3 aromatic rings. The van der Waals surface area contributed by atoms with Crippen LogP contribution in [-0.4, -0.2) is 68.6 Å². The molecule has 2 unspecified atom stereocenters. The molecule has 3 aliphatic rings. The Bertz CT molecular complexity index is 1360. The first-order chi connectivity index (χ1) is 17.6. The van der Waals surface area contributed by atoms with Crippen LogP contribution in [0.3, 0.4) is 0 Å². The lowest BCUT2D eigenvalue weighted by molar-refractivity contribution is -0.275. The molecule has 8 nitrogen and oxygen atoms in total. The Labute approximate surface area is 222 Å². The van der Waals surface area contributed by atoms with Crippen molar-refractivity contribution in [3.05, 3.63) is 36.3 Å². The smallest absolute Gasteiger partial charge is 0.426 e. The predicted octanol–water partition coefficient (Wildman–Crippen LogP) is 5.44. The summed E-state index contributed by atoms with van der Waals surface area (Å²) in [7, 11) is 0. The summed E-state index contributed by atoms with van der Waals surface area (Å²) in [5.74, 6) is -0.695. The van der Waals surface area contributed by atoms with Gasteiger partial charge >= 0.3 is 12.2 Å². The van der Waals surface area contributed by atoms with Crippen LogP contribution in [0.5, 0.6) is 5.75 Å². The van der Waals surface area contributed by atoms with E-state index in [1.807, 2.05) is 25.7 Å². The fourth-order valence-corrected chi connectivity index (χ4v) is 5.69. The van der Waals surface area contributed by atoms with E-state index in [1.165, 1.54) is 29.5 Å². The Kier molecular flexibility index (Phi) is 6.26. The number of ether oxygens (including phenoxy) is 2. The molecule has 38 heavy (non-hydrogen) atoms. The van der Waals surface area contributed by atoms with Gasteiger partial charge in [-0.15, -0.1) is 0 Å². The number of carbonyl (C=O) groups excluding carboxylic acids is 1. The number of nitrogens with zero attached hydrogens (tertiary/aromatic N) is 4. The molecular weight excluding hydrogens is 521 g/mol. The number of carbonyl (C=O) groups is 1. The summed E-state index contributed by atoms with van der Waals surface area (Å²) in [6.45, 7) is 8.41. The van der Waals surface area contributed by atoms with Crippen molar-refractivity contribution >= 4 is 32.8 Å². The predicted molar refractivity (Wildman–Crippen MR) is 137 cm³/mol. The maximum atomic E-state index is 14.7. The largest absolute Gasteiger partial charge is 0.444 e. The van der Waals surface area contributed by atoms with Crippen LogP contribution >= 0.6 is 11.3 Å². The summed E-state index contributed by atoms with van der Waals surface area (Å²) in [6.07, 6.45) is -2.31. The third kappa shape index (κ3) is 4.86. The molecule has 6 rings (SSSR count). The molecule has 0 saturated carbocycles. The van der Waals surface area contributed by atoms with Crippen molar-refractivity contribution in [2.75, 3.05) is 18.0 Å². The monoisotopic (exact) mass is 550 g/mol. The van der Waals surface area contributed by atoms with E-state index in [4.69, 9.17) is 9.47 Å². The quantitative estimate of drug-likeness (QED) is 0.453. The van der Waals surface area contributed by atoms with Crippen molar-refractivity contribution in [2.45, 2.75) is 70.4 Å². The Hall–Kier alpha value is -3.12. The number of fused-ring (bicyclic) bond motifs is 3. The van der Waals surface area contributed by atoms with E-state index in [0.29, 0.717) is 34.2 Å². The molecule has 0 spiro atoms. The van der Waals surface area contributed by atoms with Gasteiger partial charge in [-0.25, -0.2) is 14.2 Å². The molecule has 5 heterocycles. The second-order valence-electron chi connectivity index (χ2n) is 11.2. The van der Waals surface area contributed by atoms with Crippen LogP contribution in [0.2, 0.25) is 0 Å². The number of rotatable bonds is 5. The Balaban J connectivity index is 1.49. The van der Waals surface area contributed by atoms with Crippen molar-refractivity contribution in [3.63, 3.8) is 0 Å². The summed E-state index contributed by atoms with van der Waals surface area (Å²) in [5, 5.41) is 10.5. The number of hydrogen-bond acceptors (Lipinski definition) is 8. The molecule has 1 aromatic carbocycles. The van der Waals surface area contributed by atoms with Gasteiger partial charge in [0.2, 0.25) is 0 Å². The van der Waals surface area contributed by atoms with Crippen LogP contribution in [0.4, 0.5) is 23.1 Å². The van der Waals surface area contributed by atoms with Crippen LogP contribution in [0.1, 0.15) is 41.0 Å². The van der Waals surface area contributed by atoms with Crippen LogP contribution < -0.4 is 9.64 Å². The highest BCUT2D eigenvalue weighted by Gasteiger charge is 2.50. The van der Waals surface area contributed by atoms with E-state index in [0.717, 1.165) is 26.5 Å². The van der Waals surface area contributed by atoms with E-state index in [9.17, 15) is 23.1 Å². The van der Waals surface area contributed by atoms with Crippen molar-refractivity contribution < 1.29 is 32.5 Å². The molecule has 3 aliphatic heterocycles. The van der Waals surface area contributed by atoms with Crippen LogP contribution in [-0.2, 0) is 4.74 Å². The van der Waals surface area contributed by atoms with Crippen molar-refractivity contribution in [1.29, 1.82) is 0 Å². The summed E-state index contributed by atoms with van der Waals surface area (Å²) >= 11 is 1.28. The molecule has 2 aromatic heterocycles. The van der Waals surface area contributed by atoms with Gasteiger partial charge in [-0.2, -0.15) is 8.78 Å². The number of benzene rings is 1. The second-order valence-corrected chi connectivity index (χ2v) is 12.1. The molecule has 3 saturated heterocycles. The van der Waals surface area contributed by atoms with Crippen molar-refractivity contribution in [3.8, 4) is 17.0 Å². The van der Waals surface area contributed by atoms with Gasteiger partial charge in [0.15, 0.2) is 16.5 Å². The molecule has 2 bridgehead atoms. The number of alkyl halides is 2. The standard InChI is InChI=1S/C26H29F3N4O4S/c1-24(2,3)37-23(34)33-15-10-16(33)13-32(12-15)22-31-20-19(36-26(28,29)25(4,5)35)9-7-17(21(20)38-22)18-8-6-14(27)11-30-18/h6-9,11,15-16,35H,10,12-13H2,1-5H3. The first-order valence-electron chi connectivity index (χ1n) is 12.2. The number of pyridine rings is 1. The Morgan fingerprint density at radius 2 is 1.79 bits per heavy atom. The van der Waals surface area contributed by atoms with Gasteiger partial charge in [0.25, 0.3) is 0 Å². The average molecular weight is 551 g/mol. The minimum atomic E-state index is -3.89. The molecule has 0 aliphatic carbocycles. The summed E-state index contributed by atoms with van der Waals surface area (Å²) in [6, 6.07) is 5.59. The highest BCUT2D eigenvalue weighted by molar-refractivity contribution is 7.22. The number of halogens is 3. The fraction of sp³-hybridized carbons (Fsp3) is 0.500. The third-order valence-electron chi connectivity index (χ3n) is 6.52. The van der Waals surface area contributed by atoms with Crippen LogP contribution in [0, 0.1) is 5.82 Å². The van der Waals surface area contributed by atoms with Gasteiger partial charge in [0.05, 0.1) is 28.7 Å². The molecule has 2 atom stereocenters. The van der Waals surface area contributed by atoms with Gasteiger partial charge in [-0.1, -0.05) is 11.3 Å². The number of aliphatic hydroxyl groups is 1. The molecule has 0 radical (unpaired) electrons. The molecule has 1 amide bonds. The number of piperazine rings is 1. The van der Waals surface area contributed by atoms with E-state index in [2.05, 4.69) is 9.97 Å². The van der Waals surface area contributed by atoms with Gasteiger partial charge in [-0.3, -0.25) is 9.88 Å². The van der Waals surface area contributed by atoms with E-state index < -0.39 is 23.1 Å². The molecule has 1 N–H and O–H groups in total. The number of hydrogen-bond donors (Lipinski definition) is 1. The fourth-order valence-electron chi connectivity index (χ4n) is 4.57. The zero-order valence-electron chi connectivity index (χ0n) is 21.7. The number of anilines is 1. The lowest BCUT2D eigenvalue weighted by atomic mass is 9.88. The number of amides is 1. The normalized spacial score (nSPS) is 19.9. The molecule has 204 valence electrons. The zero-order chi connectivity index (χ0) is 27.6. The number of aromatic nitrogens is 2. The van der Waals surface area contributed by atoms with E-state index in [-0.39, 0.29) is 29.4 Å². The highest BCUT2D eigenvalue weighted by atomic mass is 32.1. The molecule has 12 heteroatoms. The highest BCUT2D eigenvalue weighted by Crippen LogP contribution is 2.44. The third-order valence-corrected chi connectivity index (χ3v) is 7.67. The average Bonchev–Trinajstić information content (AvgIpc) is 3.24. The summed E-state index contributed by atoms with van der Waals surface area (Å²) < 4.78 is 53.9. The minimum Gasteiger partial charge on any atom is -0.444 e. The maximum Gasteiger partial charge on any atom is 0.426 e. The van der Waals surface area contributed by atoms with Gasteiger partial charge in [0.1, 0.15) is 16.9 Å². The molecule has 3 fully saturated rings. The first kappa shape index (κ1) is 26.5.